The van der Waals surface area contributed by atoms with Crippen molar-refractivity contribution in [3.63, 3.8) is 0 Å². The minimum Gasteiger partial charge on any atom is -0.569 e. The smallest absolute Gasteiger partial charge is 0.569 e. The molecule has 2 fully saturated rings. The summed E-state index contributed by atoms with van der Waals surface area (Å²) in [6, 6.07) is 0. The Morgan fingerprint density at radius 3 is 0.615 bits per heavy atom. The van der Waals surface area contributed by atoms with Crippen LogP contribution in [0, 0.1) is 7.11 Å². The van der Waals surface area contributed by atoms with Crippen LogP contribution < -0.4 is 0 Å². The first-order chi connectivity index (χ1) is 6.00. The normalized spacial score (nSPS) is 18.9. The van der Waals surface area contributed by atoms with Crippen molar-refractivity contribution in [1.82, 2.24) is 0 Å². The first kappa shape index (κ1) is 16.3. The van der Waals surface area contributed by atoms with Crippen LogP contribution in [0.4, 0.5) is 0 Å². The number of hydrogen-bond acceptors (Lipinski definition) is 1. The van der Waals surface area contributed by atoms with Crippen LogP contribution in [-0.4, -0.2) is 5.11 Å². The first-order valence-corrected chi connectivity index (χ1v) is 5.32. The monoisotopic (exact) mass is 261 g/mol. The van der Waals surface area contributed by atoms with Crippen LogP contribution in [0.3, 0.4) is 0 Å². The second kappa shape index (κ2) is 15.3. The second-order valence-corrected chi connectivity index (χ2v) is 3.54. The molecule has 13 heavy (non-hydrogen) atoms. The van der Waals surface area contributed by atoms with E-state index in [1.165, 1.54) is 64.2 Å². The molecule has 1 N–H and O–H groups in total. The Morgan fingerprint density at radius 2 is 0.538 bits per heavy atom. The molecule has 2 heteroatoms. The SMILES string of the molecule is C1CCCC1.C1CCCC1.[CH2-]O.[Zr+3]. The predicted molar refractivity (Wildman–Crippen MR) is 53.5 cm³/mol. The molecular weight excluding hydrogens is 239 g/mol. The van der Waals surface area contributed by atoms with Crippen LogP contribution in [0.15, 0.2) is 0 Å². The Kier molecular flexibility index (Phi) is 19.2. The van der Waals surface area contributed by atoms with E-state index in [0.29, 0.717) is 0 Å². The minimum absolute atomic E-state index is 0. The van der Waals surface area contributed by atoms with Crippen molar-refractivity contribution in [2.24, 2.45) is 0 Å². The van der Waals surface area contributed by atoms with Crippen molar-refractivity contribution in [3.8, 4) is 0 Å². The van der Waals surface area contributed by atoms with E-state index in [4.69, 9.17) is 5.11 Å². The molecule has 0 bridgehead atoms. The molecule has 2 saturated carbocycles. The fourth-order valence-electron chi connectivity index (χ4n) is 1.77. The summed E-state index contributed by atoms with van der Waals surface area (Å²) in [5.41, 5.74) is 0. The van der Waals surface area contributed by atoms with Gasteiger partial charge < -0.3 is 5.11 Å². The van der Waals surface area contributed by atoms with Gasteiger partial charge in [-0.3, -0.25) is 0 Å². The van der Waals surface area contributed by atoms with Crippen molar-refractivity contribution in [2.45, 2.75) is 64.2 Å². The molecule has 0 spiro atoms. The quantitative estimate of drug-likeness (QED) is 0.653. The molecule has 0 saturated heterocycles. The van der Waals surface area contributed by atoms with Crippen molar-refractivity contribution in [3.05, 3.63) is 7.11 Å². The van der Waals surface area contributed by atoms with Gasteiger partial charge in [-0.15, -0.1) is 0 Å². The van der Waals surface area contributed by atoms with Gasteiger partial charge in [0.25, 0.3) is 0 Å². The summed E-state index contributed by atoms with van der Waals surface area (Å²) >= 11 is 0. The maximum absolute atomic E-state index is 6.75. The summed E-state index contributed by atoms with van der Waals surface area (Å²) in [6.45, 7) is 0. The zero-order valence-corrected chi connectivity index (χ0v) is 11.2. The molecule has 0 aromatic rings. The molecule has 2 aliphatic rings. The van der Waals surface area contributed by atoms with Crippen molar-refractivity contribution in [1.29, 1.82) is 0 Å². The summed E-state index contributed by atoms with van der Waals surface area (Å²) in [4.78, 5) is 0. The molecule has 0 amide bonds. The number of hydrogen-bond donors (Lipinski definition) is 1. The zero-order valence-electron chi connectivity index (χ0n) is 8.73. The number of aliphatic hydroxyl groups excluding tert-OH is 1. The van der Waals surface area contributed by atoms with E-state index in [1.807, 2.05) is 0 Å². The Morgan fingerprint density at radius 1 is 0.462 bits per heavy atom. The van der Waals surface area contributed by atoms with Crippen molar-refractivity contribution in [2.75, 3.05) is 0 Å². The van der Waals surface area contributed by atoms with E-state index in [1.54, 1.807) is 0 Å². The summed E-state index contributed by atoms with van der Waals surface area (Å²) in [7, 11) is 2.25. The molecule has 0 aromatic heterocycles. The molecular formula is C11H23OZr+2. The Bertz CT molecular complexity index is 43.3. The van der Waals surface area contributed by atoms with Gasteiger partial charge >= 0.3 is 26.2 Å². The summed E-state index contributed by atoms with van der Waals surface area (Å²) in [6.07, 6.45) is 15.0. The molecule has 0 aliphatic heterocycles. The minimum atomic E-state index is 0. The average molecular weight is 263 g/mol. The molecule has 1 radical (unpaired) electrons. The van der Waals surface area contributed by atoms with E-state index in [2.05, 4.69) is 7.11 Å². The van der Waals surface area contributed by atoms with Crippen molar-refractivity contribution < 1.29 is 31.3 Å². The molecule has 2 rings (SSSR count). The Hall–Kier alpha value is 0.843. The first-order valence-electron chi connectivity index (χ1n) is 5.32. The summed E-state index contributed by atoms with van der Waals surface area (Å²) in [5.74, 6) is 0. The fourth-order valence-corrected chi connectivity index (χ4v) is 1.77. The zero-order chi connectivity index (χ0) is 9.07. The van der Waals surface area contributed by atoms with Crippen LogP contribution in [-0.2, 0) is 26.2 Å². The Balaban J connectivity index is 0. The van der Waals surface area contributed by atoms with Gasteiger partial charge in [0, 0.05) is 0 Å². The largest absolute Gasteiger partial charge is 3.00 e. The van der Waals surface area contributed by atoms with E-state index in [-0.39, 0.29) is 26.2 Å². The molecule has 0 aromatic carbocycles. The maximum atomic E-state index is 6.75. The van der Waals surface area contributed by atoms with Gasteiger partial charge in [-0.05, 0) is 0 Å². The van der Waals surface area contributed by atoms with Gasteiger partial charge in [0.2, 0.25) is 0 Å². The molecule has 2 aliphatic carbocycles. The molecule has 0 unspecified atom stereocenters. The van der Waals surface area contributed by atoms with Crippen LogP contribution in [0.1, 0.15) is 64.2 Å². The van der Waals surface area contributed by atoms with Gasteiger partial charge in [-0.1, -0.05) is 64.2 Å². The van der Waals surface area contributed by atoms with Crippen LogP contribution in [0.25, 0.3) is 0 Å². The van der Waals surface area contributed by atoms with Crippen LogP contribution in [0.5, 0.6) is 0 Å². The third-order valence-corrected chi connectivity index (χ3v) is 2.50. The second-order valence-electron chi connectivity index (χ2n) is 3.54. The van der Waals surface area contributed by atoms with E-state index in [0.717, 1.165) is 0 Å². The summed E-state index contributed by atoms with van der Waals surface area (Å²) in [5, 5.41) is 6.75. The topological polar surface area (TPSA) is 20.2 Å². The van der Waals surface area contributed by atoms with Crippen LogP contribution >= 0.6 is 0 Å². The molecule has 0 heterocycles. The Labute approximate surface area is 102 Å². The van der Waals surface area contributed by atoms with Gasteiger partial charge in [-0.25, -0.2) is 7.11 Å². The predicted octanol–water partition coefficient (Wildman–Crippen LogP) is 4.05. The molecule has 1 nitrogen and oxygen atoms in total. The summed E-state index contributed by atoms with van der Waals surface area (Å²) < 4.78 is 0. The average Bonchev–Trinajstić information content (AvgIpc) is 2.87. The van der Waals surface area contributed by atoms with Gasteiger partial charge in [-0.2, -0.15) is 0 Å². The van der Waals surface area contributed by atoms with Gasteiger partial charge in [0.05, 0.1) is 0 Å². The third kappa shape index (κ3) is 12.8. The molecule has 0 atom stereocenters. The van der Waals surface area contributed by atoms with E-state index in [9.17, 15) is 0 Å². The fraction of sp³-hybridized carbons (Fsp3) is 0.909. The van der Waals surface area contributed by atoms with E-state index >= 15 is 0 Å². The number of rotatable bonds is 0. The van der Waals surface area contributed by atoms with Gasteiger partial charge in [0.15, 0.2) is 0 Å². The standard InChI is InChI=1S/2C5H10.CH3O.Zr/c2*1-2-4-5-3-1;1-2;/h2*1-5H2;2H,1H2;/q;;-1;+3. The van der Waals surface area contributed by atoms with E-state index < -0.39 is 0 Å². The number of aliphatic hydroxyl groups is 1. The third-order valence-electron chi connectivity index (χ3n) is 2.50. The molecule has 75 valence electrons. The van der Waals surface area contributed by atoms with Crippen LogP contribution in [0.2, 0.25) is 0 Å². The maximum Gasteiger partial charge on any atom is 3.00 e. The van der Waals surface area contributed by atoms with Gasteiger partial charge in [0.1, 0.15) is 0 Å². The van der Waals surface area contributed by atoms with Crippen molar-refractivity contribution >= 4 is 0 Å².